The molecule has 0 bridgehead atoms. The Morgan fingerprint density at radius 3 is 2.44 bits per heavy atom. The molecule has 3 nitrogen and oxygen atoms in total. The van der Waals surface area contributed by atoms with Gasteiger partial charge in [-0.15, -0.1) is 0 Å². The van der Waals surface area contributed by atoms with Crippen molar-refractivity contribution in [3.05, 3.63) is 126 Å². The van der Waals surface area contributed by atoms with Crippen molar-refractivity contribution in [3.8, 4) is 11.3 Å². The molecular weight excluding hydrogens is 631 g/mol. The highest BCUT2D eigenvalue weighted by molar-refractivity contribution is 6.13. The first-order valence-corrected chi connectivity index (χ1v) is 20.1. The predicted octanol–water partition coefficient (Wildman–Crippen LogP) is 12.0. The lowest BCUT2D eigenvalue weighted by atomic mass is 9.57. The number of hydrogen-bond donors (Lipinski definition) is 0. The quantitative estimate of drug-likeness (QED) is 0.0772. The molecule has 2 aliphatic heterocycles. The molecule has 52 heavy (non-hydrogen) atoms. The summed E-state index contributed by atoms with van der Waals surface area (Å²) in [7, 11) is 0. The van der Waals surface area contributed by atoms with Gasteiger partial charge in [0.15, 0.2) is 5.54 Å². The number of benzene rings is 4. The molecule has 2 aliphatic rings. The van der Waals surface area contributed by atoms with Crippen molar-refractivity contribution >= 4 is 38.2 Å². The number of aromatic nitrogens is 3. The third kappa shape index (κ3) is 4.44. The van der Waals surface area contributed by atoms with Gasteiger partial charge >= 0.3 is 0 Å². The third-order valence-corrected chi connectivity index (χ3v) is 14.1. The minimum absolute atomic E-state index is 0.0710. The highest BCUT2D eigenvalue weighted by Gasteiger charge is 2.60. The average Bonchev–Trinajstić information content (AvgIpc) is 3.74. The standard InChI is InChI=1S/C49H55N3/c1-8-11-14-28-47(5,6)35-24-25-38-40(32-35)48(7,9-2)49(10-3,52-41-22-13-12-18-34(41)23-26-43(38)52)29-27-42-39-21-16-19-36-37-20-15-17-33(4)45(37)51-31-30-50(42)46(51)44(36)39/h12-13,15-26,30-32,42H,8-11,14,27-29H2,1-7H3/q+2. The number of hydrogen-bond acceptors (Lipinski definition) is 0. The smallest absolute Gasteiger partial charge is 0.223 e. The summed E-state index contributed by atoms with van der Waals surface area (Å²) in [4.78, 5) is 0. The second-order valence-electron chi connectivity index (χ2n) is 17.0. The molecule has 0 saturated carbocycles. The Bertz CT molecular complexity index is 2530. The number of pyridine rings is 2. The van der Waals surface area contributed by atoms with Crippen molar-refractivity contribution in [3.63, 3.8) is 0 Å². The molecule has 264 valence electrons. The Morgan fingerprint density at radius 2 is 1.63 bits per heavy atom. The summed E-state index contributed by atoms with van der Waals surface area (Å²) in [5.74, 6) is 0. The molecule has 0 aliphatic carbocycles. The minimum Gasteiger partial charge on any atom is -0.223 e. The van der Waals surface area contributed by atoms with Gasteiger partial charge < -0.3 is 0 Å². The summed E-state index contributed by atoms with van der Waals surface area (Å²) in [5.41, 5.74) is 12.6. The highest BCUT2D eigenvalue weighted by Crippen LogP contribution is 2.54. The normalized spacial score (nSPS) is 20.8. The van der Waals surface area contributed by atoms with Gasteiger partial charge in [-0.1, -0.05) is 115 Å². The molecule has 5 heterocycles. The average molecular weight is 686 g/mol. The Morgan fingerprint density at radius 1 is 0.827 bits per heavy atom. The maximum atomic E-state index is 2.82. The first-order valence-electron chi connectivity index (χ1n) is 20.1. The first-order chi connectivity index (χ1) is 25.2. The van der Waals surface area contributed by atoms with Crippen LogP contribution in [-0.4, -0.2) is 4.40 Å². The summed E-state index contributed by atoms with van der Waals surface area (Å²) in [5, 5.41) is 5.49. The lowest BCUT2D eigenvalue weighted by Crippen LogP contribution is -2.69. The van der Waals surface area contributed by atoms with Gasteiger partial charge in [-0.2, -0.15) is 8.97 Å². The van der Waals surface area contributed by atoms with Gasteiger partial charge in [0.25, 0.3) is 5.65 Å². The van der Waals surface area contributed by atoms with Gasteiger partial charge in [0.1, 0.15) is 24.0 Å². The van der Waals surface area contributed by atoms with Crippen molar-refractivity contribution < 1.29 is 9.13 Å². The molecule has 0 amide bonds. The molecule has 0 saturated heterocycles. The van der Waals surface area contributed by atoms with Gasteiger partial charge in [0.2, 0.25) is 11.2 Å². The molecule has 0 N–H and O–H groups in total. The van der Waals surface area contributed by atoms with Crippen molar-refractivity contribution in [1.29, 1.82) is 0 Å². The largest absolute Gasteiger partial charge is 0.295 e. The van der Waals surface area contributed by atoms with E-state index >= 15 is 0 Å². The van der Waals surface area contributed by atoms with Gasteiger partial charge in [0.05, 0.1) is 16.4 Å². The summed E-state index contributed by atoms with van der Waals surface area (Å²) in [6.45, 7) is 17.1. The van der Waals surface area contributed by atoms with Crippen LogP contribution in [0.2, 0.25) is 0 Å². The van der Waals surface area contributed by atoms with Crippen LogP contribution in [0.4, 0.5) is 0 Å². The summed E-state index contributed by atoms with van der Waals surface area (Å²) >= 11 is 0. The van der Waals surface area contributed by atoms with Gasteiger partial charge in [-0.05, 0) is 73.4 Å². The van der Waals surface area contributed by atoms with E-state index in [1.807, 2.05) is 0 Å². The lowest BCUT2D eigenvalue weighted by Gasteiger charge is -2.49. The predicted molar refractivity (Wildman–Crippen MR) is 217 cm³/mol. The first kappa shape index (κ1) is 33.3. The van der Waals surface area contributed by atoms with E-state index in [0.29, 0.717) is 0 Å². The number of unbranched alkanes of at least 4 members (excludes halogenated alkanes) is 2. The maximum absolute atomic E-state index is 2.82. The third-order valence-electron chi connectivity index (χ3n) is 14.1. The molecular formula is C49H55N3+2. The summed E-state index contributed by atoms with van der Waals surface area (Å²) in [6.07, 6.45) is 14.1. The number of imidazole rings is 1. The van der Waals surface area contributed by atoms with Crippen molar-refractivity contribution in [2.75, 3.05) is 0 Å². The topological polar surface area (TPSA) is 12.2 Å². The van der Waals surface area contributed by atoms with Crippen LogP contribution in [0.25, 0.3) is 49.5 Å². The van der Waals surface area contributed by atoms with E-state index in [4.69, 9.17) is 0 Å². The van der Waals surface area contributed by atoms with E-state index in [0.717, 1.165) is 25.7 Å². The van der Waals surface area contributed by atoms with E-state index in [1.54, 1.807) is 5.56 Å². The van der Waals surface area contributed by atoms with Crippen LogP contribution in [-0.2, 0) is 16.4 Å². The van der Waals surface area contributed by atoms with E-state index in [-0.39, 0.29) is 22.4 Å². The van der Waals surface area contributed by atoms with E-state index in [1.165, 1.54) is 91.9 Å². The second kappa shape index (κ2) is 12.0. The molecule has 3 atom stereocenters. The fourth-order valence-corrected chi connectivity index (χ4v) is 11.0. The fraction of sp³-hybridized carbons (Fsp3) is 0.388. The molecule has 0 fully saturated rings. The van der Waals surface area contributed by atoms with Crippen LogP contribution in [0, 0.1) is 6.92 Å². The van der Waals surface area contributed by atoms with Crippen LogP contribution in [0.3, 0.4) is 0 Å². The zero-order chi connectivity index (χ0) is 36.0. The Labute approximate surface area is 309 Å². The van der Waals surface area contributed by atoms with Crippen LogP contribution >= 0.6 is 0 Å². The van der Waals surface area contributed by atoms with E-state index in [2.05, 4.69) is 165 Å². The van der Waals surface area contributed by atoms with E-state index in [9.17, 15) is 0 Å². The van der Waals surface area contributed by atoms with Crippen molar-refractivity contribution in [2.24, 2.45) is 0 Å². The zero-order valence-corrected chi connectivity index (χ0v) is 32.4. The molecule has 3 aromatic heterocycles. The number of para-hydroxylation sites is 2. The second-order valence-corrected chi connectivity index (χ2v) is 17.0. The van der Waals surface area contributed by atoms with Crippen molar-refractivity contribution in [2.45, 2.75) is 122 Å². The molecule has 0 spiro atoms. The molecule has 3 heteroatoms. The van der Waals surface area contributed by atoms with Crippen LogP contribution in [0.5, 0.6) is 0 Å². The Hall–Kier alpha value is -4.50. The fourth-order valence-electron chi connectivity index (χ4n) is 11.0. The minimum atomic E-state index is -0.126. The van der Waals surface area contributed by atoms with Gasteiger partial charge in [-0.3, -0.25) is 0 Å². The zero-order valence-electron chi connectivity index (χ0n) is 32.4. The van der Waals surface area contributed by atoms with E-state index < -0.39 is 0 Å². The number of nitrogens with zero attached hydrogens (tertiary/aromatic N) is 3. The molecule has 0 radical (unpaired) electrons. The van der Waals surface area contributed by atoms with Crippen molar-refractivity contribution in [1.82, 2.24) is 4.40 Å². The van der Waals surface area contributed by atoms with Gasteiger partial charge in [0, 0.05) is 46.7 Å². The summed E-state index contributed by atoms with van der Waals surface area (Å²) in [6, 6.07) is 35.6. The van der Waals surface area contributed by atoms with Crippen LogP contribution < -0.4 is 9.13 Å². The van der Waals surface area contributed by atoms with Crippen LogP contribution in [0.1, 0.15) is 121 Å². The van der Waals surface area contributed by atoms with Crippen LogP contribution in [0.15, 0.2) is 103 Å². The molecule has 7 aromatic rings. The highest BCUT2D eigenvalue weighted by atomic mass is 15.2. The Kier molecular flexibility index (Phi) is 7.71. The molecule has 4 aromatic carbocycles. The Balaban J connectivity index is 1.23. The van der Waals surface area contributed by atoms with Gasteiger partial charge in [-0.25, -0.2) is 4.57 Å². The number of rotatable bonds is 10. The lowest BCUT2D eigenvalue weighted by molar-refractivity contribution is -0.750. The molecule has 3 unspecified atom stereocenters. The number of fused-ring (bicyclic) bond motifs is 8. The monoisotopic (exact) mass is 685 g/mol. The number of aryl methyl sites for hydroxylation is 1. The summed E-state index contributed by atoms with van der Waals surface area (Å²) < 4.78 is 7.90. The SMILES string of the molecule is CCCCCC(C)(C)c1ccc2c(c1)C(C)(CC)C(CC)(CCC1c3cccc4c5cccc(C)c5n5cc[n+]1c5c34)[n+]1c-2ccc2ccccc21. The molecule has 9 rings (SSSR count). The maximum Gasteiger partial charge on any atom is 0.295 e.